The van der Waals surface area contributed by atoms with E-state index >= 15 is 0 Å². The summed E-state index contributed by atoms with van der Waals surface area (Å²) in [6.07, 6.45) is 1.89. The highest BCUT2D eigenvalue weighted by Crippen LogP contribution is 2.34. The van der Waals surface area contributed by atoms with Crippen LogP contribution in [0.15, 0.2) is 66.0 Å². The lowest BCUT2D eigenvalue weighted by atomic mass is 9.97. The number of para-hydroxylation sites is 1. The number of hydrogen-bond acceptors (Lipinski definition) is 5. The molecule has 1 fully saturated rings. The van der Waals surface area contributed by atoms with Gasteiger partial charge in [-0.2, -0.15) is 0 Å². The number of thiazole rings is 1. The fourth-order valence-corrected chi connectivity index (χ4v) is 5.80. The fraction of sp³-hybridized carbons (Fsp3) is 0.240. The second-order valence-corrected chi connectivity index (χ2v) is 9.95. The average molecular weight is 462 g/mol. The predicted molar refractivity (Wildman–Crippen MR) is 129 cm³/mol. The van der Waals surface area contributed by atoms with E-state index in [2.05, 4.69) is 23.5 Å². The summed E-state index contributed by atoms with van der Waals surface area (Å²) in [4.78, 5) is 32.5. The zero-order valence-electron chi connectivity index (χ0n) is 17.5. The number of piperidine rings is 1. The van der Waals surface area contributed by atoms with E-state index in [1.807, 2.05) is 52.7 Å². The molecule has 2 aromatic carbocycles. The summed E-state index contributed by atoms with van der Waals surface area (Å²) < 4.78 is 1.23. The third-order valence-electron chi connectivity index (χ3n) is 5.84. The van der Waals surface area contributed by atoms with Crippen LogP contribution in [0.5, 0.6) is 0 Å². The normalized spacial score (nSPS) is 14.6. The molecule has 1 aliphatic heterocycles. The van der Waals surface area contributed by atoms with E-state index in [1.165, 1.54) is 21.0 Å². The van der Waals surface area contributed by atoms with Crippen molar-refractivity contribution in [2.45, 2.75) is 25.3 Å². The molecule has 0 bridgehead atoms. The Balaban J connectivity index is 1.15. The summed E-state index contributed by atoms with van der Waals surface area (Å²) in [6, 6.07) is 19.5. The fourth-order valence-electron chi connectivity index (χ4n) is 4.02. The van der Waals surface area contributed by atoms with Gasteiger partial charge in [-0.3, -0.25) is 9.59 Å². The van der Waals surface area contributed by atoms with E-state index in [9.17, 15) is 9.59 Å². The lowest BCUT2D eigenvalue weighted by Crippen LogP contribution is -2.37. The Kier molecular flexibility index (Phi) is 6.01. The molecule has 162 valence electrons. The second-order valence-electron chi connectivity index (χ2n) is 7.94. The number of amides is 2. The van der Waals surface area contributed by atoms with Gasteiger partial charge in [0.05, 0.1) is 20.1 Å². The minimum Gasteiger partial charge on any atom is -0.347 e. The van der Waals surface area contributed by atoms with Gasteiger partial charge < -0.3 is 10.2 Å². The van der Waals surface area contributed by atoms with Crippen molar-refractivity contribution in [3.8, 4) is 0 Å². The number of carbonyl (C=O) groups is 2. The molecule has 0 spiro atoms. The molecule has 0 atom stereocenters. The molecule has 0 unspecified atom stereocenters. The first-order valence-corrected chi connectivity index (χ1v) is 12.4. The van der Waals surface area contributed by atoms with Gasteiger partial charge in [0, 0.05) is 31.1 Å². The van der Waals surface area contributed by atoms with E-state index in [-0.39, 0.29) is 11.8 Å². The number of likely N-dealkylation sites (tertiary alicyclic amines) is 1. The topological polar surface area (TPSA) is 62.3 Å². The molecule has 2 aromatic heterocycles. The molecule has 1 aliphatic rings. The Hall–Kier alpha value is -3.03. The van der Waals surface area contributed by atoms with E-state index in [1.54, 1.807) is 11.3 Å². The van der Waals surface area contributed by atoms with E-state index in [0.29, 0.717) is 22.9 Å². The Morgan fingerprint density at radius 2 is 1.78 bits per heavy atom. The van der Waals surface area contributed by atoms with Crippen molar-refractivity contribution in [1.29, 1.82) is 0 Å². The molecule has 0 aliphatic carbocycles. The maximum absolute atomic E-state index is 13.0. The molecule has 5 rings (SSSR count). The van der Waals surface area contributed by atoms with Crippen molar-refractivity contribution in [2.24, 2.45) is 0 Å². The van der Waals surface area contributed by atoms with Crippen LogP contribution < -0.4 is 5.32 Å². The minimum atomic E-state index is -0.0730. The van der Waals surface area contributed by atoms with Crippen molar-refractivity contribution in [1.82, 2.24) is 15.2 Å². The van der Waals surface area contributed by atoms with Crippen LogP contribution in [0.3, 0.4) is 0 Å². The first-order valence-electron chi connectivity index (χ1n) is 10.7. The molecule has 1 saturated heterocycles. The van der Waals surface area contributed by atoms with Gasteiger partial charge in [-0.05, 0) is 54.1 Å². The van der Waals surface area contributed by atoms with Gasteiger partial charge in [0.25, 0.3) is 11.8 Å². The standard InChI is InChI=1S/C25H23N3O2S2/c29-23(22-6-3-15-31-22)26-16-17-7-9-19(10-8-17)25(30)28-13-11-18(12-14-28)24-27-20-4-1-2-5-21(20)32-24/h1-10,15,18H,11-14,16H2,(H,26,29). The molecular weight excluding hydrogens is 438 g/mol. The van der Waals surface area contributed by atoms with Crippen LogP contribution >= 0.6 is 22.7 Å². The Bertz CT molecular complexity index is 1190. The van der Waals surface area contributed by atoms with Gasteiger partial charge in [-0.25, -0.2) is 4.98 Å². The first-order chi connectivity index (χ1) is 15.7. The number of aromatic nitrogens is 1. The Morgan fingerprint density at radius 1 is 1.00 bits per heavy atom. The van der Waals surface area contributed by atoms with Gasteiger partial charge >= 0.3 is 0 Å². The second kappa shape index (κ2) is 9.22. The van der Waals surface area contributed by atoms with E-state index in [0.717, 1.165) is 37.0 Å². The number of hydrogen-bond donors (Lipinski definition) is 1. The van der Waals surface area contributed by atoms with Crippen molar-refractivity contribution in [3.63, 3.8) is 0 Å². The summed E-state index contributed by atoms with van der Waals surface area (Å²) in [5, 5.41) is 5.99. The molecule has 32 heavy (non-hydrogen) atoms. The highest BCUT2D eigenvalue weighted by atomic mass is 32.1. The third-order valence-corrected chi connectivity index (χ3v) is 7.91. The van der Waals surface area contributed by atoms with Crippen molar-refractivity contribution in [2.75, 3.05) is 13.1 Å². The lowest BCUT2D eigenvalue weighted by molar-refractivity contribution is 0.0712. The van der Waals surface area contributed by atoms with Crippen LogP contribution in [0.4, 0.5) is 0 Å². The van der Waals surface area contributed by atoms with Crippen LogP contribution in [-0.2, 0) is 6.54 Å². The van der Waals surface area contributed by atoms with E-state index in [4.69, 9.17) is 4.98 Å². The Morgan fingerprint density at radius 3 is 2.50 bits per heavy atom. The molecular formula is C25H23N3O2S2. The number of fused-ring (bicyclic) bond motifs is 1. The monoisotopic (exact) mass is 461 g/mol. The third kappa shape index (κ3) is 4.45. The molecule has 1 N–H and O–H groups in total. The molecule has 2 amide bonds. The largest absolute Gasteiger partial charge is 0.347 e. The SMILES string of the molecule is O=C(NCc1ccc(C(=O)N2CCC(c3nc4ccccc4s3)CC2)cc1)c1cccs1. The predicted octanol–water partition coefficient (Wildman–Crippen LogP) is 5.31. The van der Waals surface area contributed by atoms with E-state index < -0.39 is 0 Å². The van der Waals surface area contributed by atoms with Crippen LogP contribution in [0.1, 0.15) is 49.4 Å². The summed E-state index contributed by atoms with van der Waals surface area (Å²) in [6.45, 7) is 1.94. The molecule has 4 aromatic rings. The maximum atomic E-state index is 13.0. The van der Waals surface area contributed by atoms with Crippen molar-refractivity contribution in [3.05, 3.63) is 87.1 Å². The zero-order valence-corrected chi connectivity index (χ0v) is 19.1. The molecule has 3 heterocycles. The number of benzene rings is 2. The average Bonchev–Trinajstić information content (AvgIpc) is 3.53. The number of carbonyl (C=O) groups excluding carboxylic acids is 2. The lowest BCUT2D eigenvalue weighted by Gasteiger charge is -2.31. The molecule has 7 heteroatoms. The summed E-state index contributed by atoms with van der Waals surface area (Å²) >= 11 is 3.20. The van der Waals surface area contributed by atoms with Crippen LogP contribution in [-0.4, -0.2) is 34.8 Å². The Labute approximate surface area is 194 Å². The van der Waals surface area contributed by atoms with Crippen LogP contribution in [0, 0.1) is 0 Å². The molecule has 0 saturated carbocycles. The van der Waals surface area contributed by atoms with Crippen molar-refractivity contribution < 1.29 is 9.59 Å². The quantitative estimate of drug-likeness (QED) is 0.438. The summed E-state index contributed by atoms with van der Waals surface area (Å²) in [5.74, 6) is 0.420. The van der Waals surface area contributed by atoms with Gasteiger partial charge in [0.1, 0.15) is 0 Å². The number of rotatable bonds is 5. The first kappa shape index (κ1) is 20.8. The maximum Gasteiger partial charge on any atom is 0.261 e. The number of nitrogens with one attached hydrogen (secondary N) is 1. The van der Waals surface area contributed by atoms with Gasteiger partial charge in [0.15, 0.2) is 0 Å². The highest BCUT2D eigenvalue weighted by molar-refractivity contribution is 7.18. The molecule has 5 nitrogen and oxygen atoms in total. The molecule has 0 radical (unpaired) electrons. The number of nitrogens with zero attached hydrogens (tertiary/aromatic N) is 2. The van der Waals surface area contributed by atoms with Gasteiger partial charge in [0.2, 0.25) is 0 Å². The van der Waals surface area contributed by atoms with Crippen molar-refractivity contribution >= 4 is 44.7 Å². The highest BCUT2D eigenvalue weighted by Gasteiger charge is 2.26. The summed E-state index contributed by atoms with van der Waals surface area (Å²) in [5.41, 5.74) is 2.73. The minimum absolute atomic E-state index is 0.0712. The van der Waals surface area contributed by atoms with Crippen LogP contribution in [0.25, 0.3) is 10.2 Å². The zero-order chi connectivity index (χ0) is 21.9. The van der Waals surface area contributed by atoms with Crippen LogP contribution in [0.2, 0.25) is 0 Å². The smallest absolute Gasteiger partial charge is 0.261 e. The number of thiophene rings is 1. The van der Waals surface area contributed by atoms with Gasteiger partial charge in [-0.1, -0.05) is 30.3 Å². The van der Waals surface area contributed by atoms with Gasteiger partial charge in [-0.15, -0.1) is 22.7 Å². The summed E-state index contributed by atoms with van der Waals surface area (Å²) in [7, 11) is 0.